The van der Waals surface area contributed by atoms with Crippen molar-refractivity contribution in [2.75, 3.05) is 11.9 Å². The van der Waals surface area contributed by atoms with Crippen LogP contribution < -0.4 is 5.32 Å². The summed E-state index contributed by atoms with van der Waals surface area (Å²) in [5.41, 5.74) is 2.55. The number of aromatic nitrogens is 2. The second-order valence-corrected chi connectivity index (χ2v) is 8.68. The third kappa shape index (κ3) is 4.77. The van der Waals surface area contributed by atoms with Gasteiger partial charge < -0.3 is 19.9 Å². The smallest absolute Gasteiger partial charge is 0.225 e. The van der Waals surface area contributed by atoms with Crippen LogP contribution in [0.3, 0.4) is 0 Å². The summed E-state index contributed by atoms with van der Waals surface area (Å²) in [6, 6.07) is 14.3. The number of carbonyl (C=O) groups is 1. The first-order chi connectivity index (χ1) is 14.7. The Kier molecular flexibility index (Phi) is 5.54. The lowest BCUT2D eigenvalue weighted by Crippen LogP contribution is -2.41. The molecule has 2 N–H and O–H groups in total. The Bertz CT molecular complexity index is 1080. The van der Waals surface area contributed by atoms with Gasteiger partial charge >= 0.3 is 0 Å². The lowest BCUT2D eigenvalue weighted by molar-refractivity contribution is -0.136. The summed E-state index contributed by atoms with van der Waals surface area (Å²) in [6.45, 7) is 6.77. The number of carbonyl (C=O) groups excluding carboxylic acids is 1. The highest BCUT2D eigenvalue weighted by Gasteiger charge is 2.29. The lowest BCUT2D eigenvalue weighted by Gasteiger charge is -2.30. The number of halogens is 1. The van der Waals surface area contributed by atoms with Crippen LogP contribution in [0.15, 0.2) is 48.5 Å². The number of aryl methyl sites for hydroxylation is 1. The first-order valence-corrected chi connectivity index (χ1v) is 10.4. The largest absolute Gasteiger partial charge is 0.390 e. The molecular weight excluding hydrogens is 395 g/mol. The molecule has 0 radical (unpaired) electrons. The van der Waals surface area contributed by atoms with Gasteiger partial charge in [0.1, 0.15) is 23.2 Å². The number of anilines is 2. The summed E-state index contributed by atoms with van der Waals surface area (Å²) < 4.78 is 15.6. The number of amides is 1. The molecule has 31 heavy (non-hydrogen) atoms. The number of hydrogen-bond acceptors (Lipinski definition) is 4. The van der Waals surface area contributed by atoms with E-state index in [0.29, 0.717) is 25.3 Å². The molecule has 1 aliphatic rings. The molecule has 0 unspecified atom stereocenters. The van der Waals surface area contributed by atoms with E-state index in [1.165, 1.54) is 17.7 Å². The Hall–Kier alpha value is -3.19. The maximum Gasteiger partial charge on any atom is 0.225 e. The maximum atomic E-state index is 13.5. The van der Waals surface area contributed by atoms with E-state index in [2.05, 4.69) is 9.88 Å². The predicted molar refractivity (Wildman–Crippen MR) is 118 cm³/mol. The topological polar surface area (TPSA) is 70.4 Å². The zero-order chi connectivity index (χ0) is 22.2. The van der Waals surface area contributed by atoms with Gasteiger partial charge in [0.05, 0.1) is 18.6 Å². The Labute approximate surface area is 181 Å². The van der Waals surface area contributed by atoms with Crippen molar-refractivity contribution in [1.29, 1.82) is 0 Å². The molecule has 0 spiro atoms. The molecule has 0 aliphatic carbocycles. The van der Waals surface area contributed by atoms with Crippen LogP contribution in [0.1, 0.15) is 31.7 Å². The van der Waals surface area contributed by atoms with Gasteiger partial charge in [-0.1, -0.05) is 17.7 Å². The fraction of sp³-hybridized carbons (Fsp3) is 0.333. The number of nitrogens with one attached hydrogen (secondary N) is 1. The second-order valence-electron chi connectivity index (χ2n) is 8.68. The summed E-state index contributed by atoms with van der Waals surface area (Å²) in [5.74, 6) is 1.17. The number of aliphatic hydroxyl groups is 1. The Morgan fingerprint density at radius 1 is 1.13 bits per heavy atom. The first kappa shape index (κ1) is 21.1. The van der Waals surface area contributed by atoms with Crippen LogP contribution in [0.5, 0.6) is 0 Å². The number of benzene rings is 2. The average Bonchev–Trinajstić information content (AvgIpc) is 3.06. The van der Waals surface area contributed by atoms with Gasteiger partial charge in [-0.2, -0.15) is 0 Å². The molecule has 2 heterocycles. The molecule has 3 aromatic rings. The summed E-state index contributed by atoms with van der Waals surface area (Å²) in [4.78, 5) is 19.2. The molecule has 7 heteroatoms. The van der Waals surface area contributed by atoms with E-state index in [1.54, 1.807) is 30.9 Å². The number of nitrogens with zero attached hydrogens (tertiary/aromatic N) is 3. The molecule has 0 fully saturated rings. The van der Waals surface area contributed by atoms with Gasteiger partial charge in [0.15, 0.2) is 0 Å². The minimum atomic E-state index is -1.05. The number of imidazole rings is 1. The molecule has 162 valence electrons. The van der Waals surface area contributed by atoms with Gasteiger partial charge in [0.25, 0.3) is 0 Å². The minimum Gasteiger partial charge on any atom is -0.390 e. The van der Waals surface area contributed by atoms with E-state index in [-0.39, 0.29) is 18.1 Å². The fourth-order valence-electron chi connectivity index (χ4n) is 3.74. The summed E-state index contributed by atoms with van der Waals surface area (Å²) in [7, 11) is 0. The van der Waals surface area contributed by atoms with Gasteiger partial charge in [-0.25, -0.2) is 9.37 Å². The quantitative estimate of drug-likeness (QED) is 0.645. The highest BCUT2D eigenvalue weighted by molar-refractivity contribution is 5.79. The van der Waals surface area contributed by atoms with E-state index < -0.39 is 5.60 Å². The van der Waals surface area contributed by atoms with Crippen molar-refractivity contribution < 1.29 is 14.3 Å². The molecule has 0 bridgehead atoms. The molecule has 2 aromatic carbocycles. The zero-order valence-electron chi connectivity index (χ0n) is 18.0. The van der Waals surface area contributed by atoms with Crippen molar-refractivity contribution in [3.8, 4) is 11.3 Å². The van der Waals surface area contributed by atoms with Crippen LogP contribution in [-0.2, 0) is 17.9 Å². The van der Waals surface area contributed by atoms with Gasteiger partial charge in [0, 0.05) is 24.3 Å². The van der Waals surface area contributed by atoms with E-state index >= 15 is 0 Å². The molecule has 6 nitrogen and oxygen atoms in total. The van der Waals surface area contributed by atoms with Crippen LogP contribution in [-0.4, -0.2) is 37.6 Å². The maximum absolute atomic E-state index is 13.5. The highest BCUT2D eigenvalue weighted by Crippen LogP contribution is 2.33. The van der Waals surface area contributed by atoms with Gasteiger partial charge in [0.2, 0.25) is 5.91 Å². The average molecular weight is 423 g/mol. The Morgan fingerprint density at radius 2 is 1.81 bits per heavy atom. The zero-order valence-corrected chi connectivity index (χ0v) is 18.0. The molecule has 0 atom stereocenters. The third-order valence-corrected chi connectivity index (χ3v) is 5.34. The molecule has 1 aromatic heterocycles. The summed E-state index contributed by atoms with van der Waals surface area (Å²) in [6.07, 6.45) is 0.0625. The number of fused-ring (bicyclic) bond motifs is 1. The molecule has 0 saturated carbocycles. The van der Waals surface area contributed by atoms with Crippen LogP contribution in [0.4, 0.5) is 15.9 Å². The van der Waals surface area contributed by atoms with E-state index in [0.717, 1.165) is 22.9 Å². The normalized spacial score (nSPS) is 13.8. The SMILES string of the molecule is Cc1ccc(Nc2c(-c3ccc(F)cc3)nc3n2CCN(C(=O)CC(C)(C)O)C3)cc1. The first-order valence-electron chi connectivity index (χ1n) is 10.4. The molecule has 4 rings (SSSR count). The standard InChI is InChI=1S/C24H27FN4O2/c1-16-4-10-19(11-5-16)26-23-22(17-6-8-18(25)9-7-17)27-20-15-28(12-13-29(20)23)21(30)14-24(2,3)31/h4-11,26,31H,12-15H2,1-3H3. The number of hydrogen-bond donors (Lipinski definition) is 2. The van der Waals surface area contributed by atoms with Crippen LogP contribution in [0.2, 0.25) is 0 Å². The predicted octanol–water partition coefficient (Wildman–Crippen LogP) is 4.24. The van der Waals surface area contributed by atoms with Crippen LogP contribution in [0, 0.1) is 12.7 Å². The van der Waals surface area contributed by atoms with Gasteiger partial charge in [-0.15, -0.1) is 0 Å². The van der Waals surface area contributed by atoms with Crippen molar-refractivity contribution in [2.24, 2.45) is 0 Å². The molecule has 1 amide bonds. The minimum absolute atomic E-state index is 0.0625. The van der Waals surface area contributed by atoms with Crippen molar-refractivity contribution in [2.45, 2.75) is 45.9 Å². The van der Waals surface area contributed by atoms with Crippen molar-refractivity contribution in [3.05, 3.63) is 65.7 Å². The Morgan fingerprint density at radius 3 is 2.45 bits per heavy atom. The van der Waals surface area contributed by atoms with Gasteiger partial charge in [-0.05, 0) is 57.2 Å². The highest BCUT2D eigenvalue weighted by atomic mass is 19.1. The second kappa shape index (κ2) is 8.15. The third-order valence-electron chi connectivity index (χ3n) is 5.34. The van der Waals surface area contributed by atoms with Gasteiger partial charge in [-0.3, -0.25) is 4.79 Å². The summed E-state index contributed by atoms with van der Waals surface area (Å²) in [5, 5.41) is 13.5. The monoisotopic (exact) mass is 422 g/mol. The fourth-order valence-corrected chi connectivity index (χ4v) is 3.74. The van der Waals surface area contributed by atoms with Crippen molar-refractivity contribution in [1.82, 2.24) is 14.5 Å². The van der Waals surface area contributed by atoms with Crippen LogP contribution >= 0.6 is 0 Å². The molecular formula is C24H27FN4O2. The summed E-state index contributed by atoms with van der Waals surface area (Å²) >= 11 is 0. The molecule has 0 saturated heterocycles. The van der Waals surface area contributed by atoms with Crippen molar-refractivity contribution >= 4 is 17.4 Å². The van der Waals surface area contributed by atoms with E-state index in [4.69, 9.17) is 4.98 Å². The molecule has 1 aliphatic heterocycles. The van der Waals surface area contributed by atoms with E-state index in [9.17, 15) is 14.3 Å². The number of rotatable bonds is 5. The van der Waals surface area contributed by atoms with Crippen molar-refractivity contribution in [3.63, 3.8) is 0 Å². The lowest BCUT2D eigenvalue weighted by atomic mass is 10.0. The Balaban J connectivity index is 1.69. The van der Waals surface area contributed by atoms with E-state index in [1.807, 2.05) is 31.2 Å². The van der Waals surface area contributed by atoms with Crippen LogP contribution in [0.25, 0.3) is 11.3 Å².